The minimum atomic E-state index is -0.494. The van der Waals surface area contributed by atoms with E-state index in [1.807, 2.05) is 6.92 Å². The van der Waals surface area contributed by atoms with Crippen molar-refractivity contribution in [2.24, 2.45) is 0 Å². The maximum atomic E-state index is 11.6. The number of ketones is 1. The molecule has 0 aliphatic carbocycles. The molecule has 106 valence electrons. The number of aromatic nitrogens is 2. The van der Waals surface area contributed by atoms with Crippen molar-refractivity contribution < 1.29 is 14.3 Å². The molecular formula is C14H17N3O3. The zero-order valence-corrected chi connectivity index (χ0v) is 11.5. The maximum absolute atomic E-state index is 11.6. The zero-order chi connectivity index (χ0) is 14.5. The summed E-state index contributed by atoms with van der Waals surface area (Å²) < 4.78 is 6.61. The molecule has 0 aromatic carbocycles. The first-order chi connectivity index (χ1) is 9.61. The highest BCUT2D eigenvalue weighted by atomic mass is 16.5. The second-order valence-corrected chi connectivity index (χ2v) is 4.47. The summed E-state index contributed by atoms with van der Waals surface area (Å²) in [5, 5.41) is 6.71. The molecule has 0 saturated heterocycles. The van der Waals surface area contributed by atoms with Crippen molar-refractivity contribution in [1.29, 1.82) is 0 Å². The van der Waals surface area contributed by atoms with Gasteiger partial charge in [0.15, 0.2) is 5.78 Å². The van der Waals surface area contributed by atoms with E-state index in [-0.39, 0.29) is 5.78 Å². The van der Waals surface area contributed by atoms with Gasteiger partial charge in [-0.15, -0.1) is 0 Å². The first-order valence-corrected chi connectivity index (χ1v) is 6.54. The molecule has 0 bridgehead atoms. The Bertz CT molecular complexity index is 634. The lowest BCUT2D eigenvalue weighted by Crippen LogP contribution is -2.14. The van der Waals surface area contributed by atoms with Gasteiger partial charge in [0.2, 0.25) is 0 Å². The van der Waals surface area contributed by atoms with Crippen LogP contribution in [0.5, 0.6) is 0 Å². The number of carbonyl (C=O) groups excluding carboxylic acids is 2. The third-order valence-electron chi connectivity index (χ3n) is 2.88. The van der Waals surface area contributed by atoms with Crippen molar-refractivity contribution in [1.82, 2.24) is 9.61 Å². The van der Waals surface area contributed by atoms with E-state index in [4.69, 9.17) is 4.74 Å². The van der Waals surface area contributed by atoms with Gasteiger partial charge in [-0.2, -0.15) is 5.10 Å². The Labute approximate surface area is 116 Å². The number of carbonyl (C=O) groups is 2. The molecule has 0 fully saturated rings. The Morgan fingerprint density at radius 2 is 2.25 bits per heavy atom. The fourth-order valence-corrected chi connectivity index (χ4v) is 1.79. The Morgan fingerprint density at radius 3 is 2.95 bits per heavy atom. The van der Waals surface area contributed by atoms with Crippen LogP contribution < -0.4 is 5.32 Å². The molecule has 1 N–H and O–H groups in total. The molecule has 1 amide bonds. The monoisotopic (exact) mass is 275 g/mol. The number of anilines is 1. The Morgan fingerprint density at radius 1 is 1.45 bits per heavy atom. The summed E-state index contributed by atoms with van der Waals surface area (Å²) >= 11 is 0. The van der Waals surface area contributed by atoms with Gasteiger partial charge in [0.05, 0.1) is 23.9 Å². The Balaban J connectivity index is 2.12. The van der Waals surface area contributed by atoms with Gasteiger partial charge < -0.3 is 4.74 Å². The molecule has 2 rings (SSSR count). The number of unbranched alkanes of at least 4 members (excludes halogenated alkanes) is 1. The maximum Gasteiger partial charge on any atom is 0.411 e. The summed E-state index contributed by atoms with van der Waals surface area (Å²) in [6, 6.07) is 3.40. The summed E-state index contributed by atoms with van der Waals surface area (Å²) in [7, 11) is 0. The van der Waals surface area contributed by atoms with E-state index in [2.05, 4.69) is 10.4 Å². The average Bonchev–Trinajstić information content (AvgIpc) is 2.82. The number of ether oxygens (including phenoxy) is 1. The number of pyridine rings is 1. The van der Waals surface area contributed by atoms with Crippen molar-refractivity contribution in [3.8, 4) is 0 Å². The number of rotatable bonds is 5. The van der Waals surface area contributed by atoms with Gasteiger partial charge in [0.25, 0.3) is 0 Å². The predicted octanol–water partition coefficient (Wildman–Crippen LogP) is 2.89. The molecule has 0 saturated carbocycles. The lowest BCUT2D eigenvalue weighted by Gasteiger charge is -2.07. The van der Waals surface area contributed by atoms with Gasteiger partial charge in [-0.3, -0.25) is 10.1 Å². The van der Waals surface area contributed by atoms with Crippen molar-refractivity contribution in [2.45, 2.75) is 26.7 Å². The minimum Gasteiger partial charge on any atom is -0.449 e. The molecule has 0 unspecified atom stereocenters. The molecule has 2 heterocycles. The van der Waals surface area contributed by atoms with Crippen LogP contribution >= 0.6 is 0 Å². The zero-order valence-electron chi connectivity index (χ0n) is 11.5. The standard InChI is InChI=1S/C14H17N3O3/c1-3-4-7-20-14(19)16-11-5-6-17-13(8-11)12(9-15-17)10(2)18/h5-6,8-9H,3-4,7H2,1-2H3,(H,16,19). The van der Waals surface area contributed by atoms with E-state index in [1.54, 1.807) is 22.8 Å². The van der Waals surface area contributed by atoms with E-state index in [9.17, 15) is 9.59 Å². The molecule has 2 aromatic heterocycles. The smallest absolute Gasteiger partial charge is 0.411 e. The van der Waals surface area contributed by atoms with Crippen LogP contribution in [0.25, 0.3) is 5.52 Å². The van der Waals surface area contributed by atoms with E-state index >= 15 is 0 Å². The molecule has 0 aliphatic heterocycles. The number of hydrogen-bond donors (Lipinski definition) is 1. The first kappa shape index (κ1) is 14.0. The third-order valence-corrected chi connectivity index (χ3v) is 2.88. The highest BCUT2D eigenvalue weighted by molar-refractivity contribution is 6.01. The van der Waals surface area contributed by atoms with E-state index in [1.165, 1.54) is 13.1 Å². The molecule has 2 aromatic rings. The van der Waals surface area contributed by atoms with Crippen LogP contribution in [0.1, 0.15) is 37.0 Å². The number of hydrogen-bond acceptors (Lipinski definition) is 4. The summed E-state index contributed by atoms with van der Waals surface area (Å²) in [5.41, 5.74) is 1.75. The molecule has 0 spiro atoms. The van der Waals surface area contributed by atoms with Crippen molar-refractivity contribution >= 4 is 23.1 Å². The van der Waals surface area contributed by atoms with Crippen LogP contribution in [0.3, 0.4) is 0 Å². The number of amides is 1. The lowest BCUT2D eigenvalue weighted by molar-refractivity contribution is 0.101. The summed E-state index contributed by atoms with van der Waals surface area (Å²) in [6.45, 7) is 3.91. The Hall–Kier alpha value is -2.37. The molecule has 0 atom stereocenters. The fourth-order valence-electron chi connectivity index (χ4n) is 1.79. The van der Waals surface area contributed by atoms with Gasteiger partial charge in [-0.1, -0.05) is 13.3 Å². The topological polar surface area (TPSA) is 72.7 Å². The van der Waals surface area contributed by atoms with Crippen LogP contribution in [0.2, 0.25) is 0 Å². The second-order valence-electron chi connectivity index (χ2n) is 4.47. The highest BCUT2D eigenvalue weighted by Crippen LogP contribution is 2.16. The highest BCUT2D eigenvalue weighted by Gasteiger charge is 2.10. The molecule has 6 heteroatoms. The summed E-state index contributed by atoms with van der Waals surface area (Å²) in [6.07, 6.45) is 4.51. The van der Waals surface area contributed by atoms with Gasteiger partial charge in [-0.25, -0.2) is 9.31 Å². The van der Waals surface area contributed by atoms with Crippen molar-refractivity contribution in [2.75, 3.05) is 11.9 Å². The third kappa shape index (κ3) is 3.14. The fraction of sp³-hybridized carbons (Fsp3) is 0.357. The molecule has 0 aliphatic rings. The van der Waals surface area contributed by atoms with E-state index < -0.39 is 6.09 Å². The van der Waals surface area contributed by atoms with Gasteiger partial charge in [0, 0.05) is 11.9 Å². The number of nitrogens with one attached hydrogen (secondary N) is 1. The first-order valence-electron chi connectivity index (χ1n) is 6.54. The Kier molecular flexibility index (Phi) is 4.34. The van der Waals surface area contributed by atoms with Gasteiger partial charge in [-0.05, 0) is 25.5 Å². The summed E-state index contributed by atoms with van der Waals surface area (Å²) in [5.74, 6) is -0.0670. The largest absolute Gasteiger partial charge is 0.449 e. The van der Waals surface area contributed by atoms with Crippen LogP contribution in [0.4, 0.5) is 10.5 Å². The van der Waals surface area contributed by atoms with Crippen LogP contribution in [0, 0.1) is 0 Å². The number of fused-ring (bicyclic) bond motifs is 1. The number of Topliss-reactive ketones (excluding diaryl/α,β-unsaturated/α-hetero) is 1. The van der Waals surface area contributed by atoms with E-state index in [0.717, 1.165) is 12.8 Å². The van der Waals surface area contributed by atoms with Crippen molar-refractivity contribution in [3.05, 3.63) is 30.1 Å². The lowest BCUT2D eigenvalue weighted by atomic mass is 10.2. The second kappa shape index (κ2) is 6.18. The van der Waals surface area contributed by atoms with Gasteiger partial charge >= 0.3 is 6.09 Å². The van der Waals surface area contributed by atoms with E-state index in [0.29, 0.717) is 23.4 Å². The molecule has 6 nitrogen and oxygen atoms in total. The van der Waals surface area contributed by atoms with Gasteiger partial charge in [0.1, 0.15) is 0 Å². The predicted molar refractivity (Wildman–Crippen MR) is 75.1 cm³/mol. The van der Waals surface area contributed by atoms with Crippen molar-refractivity contribution in [3.63, 3.8) is 0 Å². The molecular weight excluding hydrogens is 258 g/mol. The number of nitrogens with zero attached hydrogens (tertiary/aromatic N) is 2. The SMILES string of the molecule is CCCCOC(=O)Nc1ccn2ncc(C(C)=O)c2c1. The minimum absolute atomic E-state index is 0.0670. The van der Waals surface area contributed by atoms with Crippen LogP contribution in [-0.4, -0.2) is 28.1 Å². The molecule has 0 radical (unpaired) electrons. The average molecular weight is 275 g/mol. The summed E-state index contributed by atoms with van der Waals surface area (Å²) in [4.78, 5) is 23.0. The van der Waals surface area contributed by atoms with Crippen LogP contribution in [-0.2, 0) is 4.74 Å². The van der Waals surface area contributed by atoms with Crippen LogP contribution in [0.15, 0.2) is 24.5 Å². The molecule has 20 heavy (non-hydrogen) atoms. The quantitative estimate of drug-likeness (QED) is 0.672. The normalized spacial score (nSPS) is 10.5.